The highest BCUT2D eigenvalue weighted by Crippen LogP contribution is 2.34. The summed E-state index contributed by atoms with van der Waals surface area (Å²) in [7, 11) is -2.30. The summed E-state index contributed by atoms with van der Waals surface area (Å²) in [6.07, 6.45) is 4.67. The third-order valence-corrected chi connectivity index (χ3v) is 8.22. The van der Waals surface area contributed by atoms with Gasteiger partial charge in [-0.3, -0.25) is 4.79 Å². The van der Waals surface area contributed by atoms with Gasteiger partial charge in [-0.15, -0.1) is 0 Å². The lowest BCUT2D eigenvalue weighted by atomic mass is 10.1. The van der Waals surface area contributed by atoms with Gasteiger partial charge in [-0.05, 0) is 56.4 Å². The molecule has 2 aromatic rings. The predicted octanol–water partition coefficient (Wildman–Crippen LogP) is 4.06. The van der Waals surface area contributed by atoms with E-state index in [-0.39, 0.29) is 28.6 Å². The van der Waals surface area contributed by atoms with E-state index in [0.29, 0.717) is 18.7 Å². The molecular formula is C24H30N2O4S. The van der Waals surface area contributed by atoms with Gasteiger partial charge >= 0.3 is 0 Å². The Hall–Kier alpha value is -2.38. The van der Waals surface area contributed by atoms with E-state index in [1.807, 2.05) is 42.2 Å². The number of hydrogen-bond acceptors (Lipinski definition) is 4. The molecule has 166 valence electrons. The van der Waals surface area contributed by atoms with Crippen LogP contribution in [0.15, 0.2) is 53.4 Å². The molecule has 1 aliphatic carbocycles. The van der Waals surface area contributed by atoms with Crippen molar-refractivity contribution < 1.29 is 17.9 Å². The molecule has 1 saturated heterocycles. The second-order valence-electron chi connectivity index (χ2n) is 8.48. The van der Waals surface area contributed by atoms with E-state index < -0.39 is 10.0 Å². The molecule has 1 saturated carbocycles. The molecule has 0 aromatic heterocycles. The summed E-state index contributed by atoms with van der Waals surface area (Å²) in [5.74, 6) is 0.132. The Balaban J connectivity index is 1.67. The van der Waals surface area contributed by atoms with Gasteiger partial charge in [-0.25, -0.2) is 8.42 Å². The molecule has 7 heteroatoms. The molecule has 1 unspecified atom stereocenters. The summed E-state index contributed by atoms with van der Waals surface area (Å²) in [5.41, 5.74) is 1.44. The highest BCUT2D eigenvalue weighted by molar-refractivity contribution is 7.89. The lowest BCUT2D eigenvalue weighted by Gasteiger charge is -2.32. The first kappa shape index (κ1) is 21.8. The van der Waals surface area contributed by atoms with Crippen LogP contribution in [0.3, 0.4) is 0 Å². The lowest BCUT2D eigenvalue weighted by molar-refractivity contribution is 0.0729. The molecule has 4 rings (SSSR count). The number of ether oxygens (including phenoxy) is 1. The topological polar surface area (TPSA) is 66.9 Å². The second kappa shape index (κ2) is 9.01. The number of carbonyl (C=O) groups excluding carboxylic acids is 1. The number of carbonyl (C=O) groups is 1. The smallest absolute Gasteiger partial charge is 0.254 e. The van der Waals surface area contributed by atoms with E-state index in [2.05, 4.69) is 0 Å². The van der Waals surface area contributed by atoms with Gasteiger partial charge in [0.25, 0.3) is 5.91 Å². The van der Waals surface area contributed by atoms with Gasteiger partial charge < -0.3 is 9.64 Å². The van der Waals surface area contributed by atoms with Crippen LogP contribution in [0.2, 0.25) is 0 Å². The zero-order chi connectivity index (χ0) is 22.0. The zero-order valence-electron chi connectivity index (χ0n) is 18.2. The minimum atomic E-state index is -3.76. The molecule has 2 fully saturated rings. The average Bonchev–Trinajstić information content (AvgIpc) is 3.63. The largest absolute Gasteiger partial charge is 0.495 e. The van der Waals surface area contributed by atoms with E-state index in [1.165, 1.54) is 13.2 Å². The molecule has 6 nitrogen and oxygen atoms in total. The van der Waals surface area contributed by atoms with E-state index in [1.54, 1.807) is 16.4 Å². The van der Waals surface area contributed by atoms with Crippen molar-refractivity contribution in [2.45, 2.75) is 62.6 Å². The first-order valence-corrected chi connectivity index (χ1v) is 12.4. The van der Waals surface area contributed by atoms with Crippen LogP contribution in [-0.2, 0) is 16.6 Å². The summed E-state index contributed by atoms with van der Waals surface area (Å²) in [4.78, 5) is 15.4. The number of piperidine rings is 1. The van der Waals surface area contributed by atoms with Gasteiger partial charge in [0.05, 0.1) is 7.11 Å². The van der Waals surface area contributed by atoms with E-state index >= 15 is 0 Å². The van der Waals surface area contributed by atoms with Gasteiger partial charge in [-0.1, -0.05) is 36.8 Å². The maximum atomic E-state index is 13.5. The number of methoxy groups -OCH3 is 1. The van der Waals surface area contributed by atoms with Crippen LogP contribution in [0, 0.1) is 0 Å². The normalized spacial score (nSPS) is 19.7. The number of hydrogen-bond donors (Lipinski definition) is 0. The molecule has 0 spiro atoms. The van der Waals surface area contributed by atoms with E-state index in [9.17, 15) is 13.2 Å². The number of benzene rings is 2. The number of rotatable bonds is 7. The first-order chi connectivity index (χ1) is 14.9. The fourth-order valence-corrected chi connectivity index (χ4v) is 6.15. The highest BCUT2D eigenvalue weighted by Gasteiger charge is 2.36. The fraction of sp³-hybridized carbons (Fsp3) is 0.458. The Labute approximate surface area is 184 Å². The van der Waals surface area contributed by atoms with Crippen molar-refractivity contribution >= 4 is 15.9 Å². The van der Waals surface area contributed by atoms with E-state index in [0.717, 1.165) is 37.7 Å². The number of amides is 1. The molecule has 1 heterocycles. The lowest BCUT2D eigenvalue weighted by Crippen LogP contribution is -2.42. The molecule has 1 atom stereocenters. The monoisotopic (exact) mass is 442 g/mol. The van der Waals surface area contributed by atoms with Crippen molar-refractivity contribution in [3.8, 4) is 5.75 Å². The summed E-state index contributed by atoms with van der Waals surface area (Å²) >= 11 is 0. The van der Waals surface area contributed by atoms with Crippen molar-refractivity contribution in [3.63, 3.8) is 0 Å². The Morgan fingerprint density at radius 3 is 2.48 bits per heavy atom. The maximum absolute atomic E-state index is 13.5. The van der Waals surface area contributed by atoms with Crippen LogP contribution in [0.1, 0.15) is 54.9 Å². The Morgan fingerprint density at radius 2 is 1.84 bits per heavy atom. The molecule has 2 aliphatic rings. The van der Waals surface area contributed by atoms with Gasteiger partial charge in [-0.2, -0.15) is 4.31 Å². The molecular weight excluding hydrogens is 412 g/mol. The Bertz CT molecular complexity index is 1030. The fourth-order valence-electron chi connectivity index (χ4n) is 4.27. The summed E-state index contributed by atoms with van der Waals surface area (Å²) in [5, 5.41) is 0. The Kier molecular flexibility index (Phi) is 6.34. The third-order valence-electron chi connectivity index (χ3n) is 6.18. The number of sulfonamides is 1. The van der Waals surface area contributed by atoms with Crippen molar-refractivity contribution in [1.29, 1.82) is 0 Å². The molecule has 1 amide bonds. The molecule has 0 N–H and O–H groups in total. The molecule has 2 aromatic carbocycles. The second-order valence-corrected chi connectivity index (χ2v) is 10.3. The third kappa shape index (κ3) is 4.62. The van der Waals surface area contributed by atoms with E-state index in [4.69, 9.17) is 4.74 Å². The van der Waals surface area contributed by atoms with Crippen LogP contribution >= 0.6 is 0 Å². The predicted molar refractivity (Wildman–Crippen MR) is 120 cm³/mol. The van der Waals surface area contributed by atoms with Gasteiger partial charge in [0.15, 0.2) is 0 Å². The standard InChI is InChI=1S/C24H30N2O4S/c1-18-8-6-7-15-26(18)31(28,29)23-16-20(11-14-22(23)30-2)24(27)25(21-12-13-21)17-19-9-4-3-5-10-19/h3-5,9-11,14,16,18,21H,6-8,12-13,15,17H2,1-2H3. The van der Waals surface area contributed by atoms with Gasteiger partial charge in [0, 0.05) is 30.7 Å². The zero-order valence-corrected chi connectivity index (χ0v) is 19.0. The van der Waals surface area contributed by atoms with Crippen molar-refractivity contribution in [3.05, 3.63) is 59.7 Å². The van der Waals surface area contributed by atoms with Crippen LogP contribution in [0.4, 0.5) is 0 Å². The van der Waals surface area contributed by atoms with Crippen molar-refractivity contribution in [1.82, 2.24) is 9.21 Å². The quantitative estimate of drug-likeness (QED) is 0.649. The molecule has 0 bridgehead atoms. The van der Waals surface area contributed by atoms with Crippen molar-refractivity contribution in [2.75, 3.05) is 13.7 Å². The van der Waals surface area contributed by atoms with Crippen molar-refractivity contribution in [2.24, 2.45) is 0 Å². The summed E-state index contributed by atoms with van der Waals surface area (Å²) in [6.45, 7) is 2.95. The Morgan fingerprint density at radius 1 is 1.10 bits per heavy atom. The molecule has 31 heavy (non-hydrogen) atoms. The minimum Gasteiger partial charge on any atom is -0.495 e. The van der Waals surface area contributed by atoms with Crippen LogP contribution in [0.25, 0.3) is 0 Å². The number of nitrogens with zero attached hydrogens (tertiary/aromatic N) is 2. The van der Waals surface area contributed by atoms with Gasteiger partial charge in [0.2, 0.25) is 10.0 Å². The highest BCUT2D eigenvalue weighted by atomic mass is 32.2. The SMILES string of the molecule is COc1ccc(C(=O)N(Cc2ccccc2)C2CC2)cc1S(=O)(=O)N1CCCCC1C. The first-order valence-electron chi connectivity index (χ1n) is 11.0. The van der Waals surface area contributed by atoms with Crippen LogP contribution < -0.4 is 4.74 Å². The summed E-state index contributed by atoms with van der Waals surface area (Å²) < 4.78 is 33.9. The maximum Gasteiger partial charge on any atom is 0.254 e. The average molecular weight is 443 g/mol. The molecule has 0 radical (unpaired) electrons. The van der Waals surface area contributed by atoms with Crippen LogP contribution in [0.5, 0.6) is 5.75 Å². The summed E-state index contributed by atoms with van der Waals surface area (Å²) in [6, 6.07) is 14.8. The van der Waals surface area contributed by atoms with Crippen LogP contribution in [-0.4, -0.2) is 49.3 Å². The molecule has 1 aliphatic heterocycles. The van der Waals surface area contributed by atoms with Gasteiger partial charge in [0.1, 0.15) is 10.6 Å². The minimum absolute atomic E-state index is 0.0659.